The third-order valence-electron chi connectivity index (χ3n) is 2.56. The maximum atomic E-state index is 11.2. The molecule has 0 unspecified atom stereocenters. The van der Waals surface area contributed by atoms with Gasteiger partial charge < -0.3 is 4.90 Å². The highest BCUT2D eigenvalue weighted by molar-refractivity contribution is 5.94. The second-order valence-corrected chi connectivity index (χ2v) is 4.50. The predicted molar refractivity (Wildman–Crippen MR) is 68.8 cm³/mol. The monoisotopic (exact) mass is 244 g/mol. The minimum absolute atomic E-state index is 0.0634. The number of carbonyl (C=O) groups is 1. The molecule has 94 valence electrons. The van der Waals surface area contributed by atoms with Gasteiger partial charge in [0.1, 0.15) is 0 Å². The van der Waals surface area contributed by atoms with Crippen LogP contribution in [0.3, 0.4) is 0 Å². The van der Waals surface area contributed by atoms with Crippen molar-refractivity contribution in [1.82, 2.24) is 19.9 Å². The lowest BCUT2D eigenvalue weighted by atomic mass is 10.1. The van der Waals surface area contributed by atoms with Crippen LogP contribution in [-0.4, -0.2) is 39.8 Å². The van der Waals surface area contributed by atoms with Gasteiger partial charge in [-0.2, -0.15) is 0 Å². The van der Waals surface area contributed by atoms with Crippen molar-refractivity contribution in [2.45, 2.75) is 13.5 Å². The van der Waals surface area contributed by atoms with Gasteiger partial charge in [-0.1, -0.05) is 5.21 Å². The van der Waals surface area contributed by atoms with Crippen molar-refractivity contribution in [3.63, 3.8) is 0 Å². The first-order valence-corrected chi connectivity index (χ1v) is 5.73. The third kappa shape index (κ3) is 2.81. The maximum absolute atomic E-state index is 11.2. The number of nitrogens with zero attached hydrogens (tertiary/aromatic N) is 4. The van der Waals surface area contributed by atoms with Gasteiger partial charge >= 0.3 is 0 Å². The van der Waals surface area contributed by atoms with E-state index < -0.39 is 0 Å². The lowest BCUT2D eigenvalue weighted by Gasteiger charge is -2.04. The van der Waals surface area contributed by atoms with Gasteiger partial charge in [-0.25, -0.2) is 4.68 Å². The van der Waals surface area contributed by atoms with E-state index in [1.807, 2.05) is 37.3 Å². The summed E-state index contributed by atoms with van der Waals surface area (Å²) in [6, 6.07) is 7.33. The van der Waals surface area contributed by atoms with E-state index in [0.717, 1.165) is 17.9 Å². The number of ketones is 1. The standard InChI is InChI=1S/C13H16N4O/c1-10(18)11-4-6-13(7-5-11)17-9-12(14-15-17)8-16(2)3/h4-7,9H,8H2,1-3H3. The van der Waals surface area contributed by atoms with Crippen molar-refractivity contribution in [2.75, 3.05) is 14.1 Å². The van der Waals surface area contributed by atoms with Gasteiger partial charge in [0.15, 0.2) is 5.78 Å². The molecule has 5 nitrogen and oxygen atoms in total. The van der Waals surface area contributed by atoms with Crippen molar-refractivity contribution in [1.29, 1.82) is 0 Å². The number of hydrogen-bond acceptors (Lipinski definition) is 4. The van der Waals surface area contributed by atoms with E-state index >= 15 is 0 Å². The smallest absolute Gasteiger partial charge is 0.159 e. The molecule has 2 aromatic rings. The Morgan fingerprint density at radius 3 is 2.50 bits per heavy atom. The lowest BCUT2D eigenvalue weighted by molar-refractivity contribution is 0.101. The first-order valence-electron chi connectivity index (χ1n) is 5.73. The van der Waals surface area contributed by atoms with Crippen molar-refractivity contribution in [2.24, 2.45) is 0 Å². The van der Waals surface area contributed by atoms with Crippen LogP contribution in [0.1, 0.15) is 23.0 Å². The summed E-state index contributed by atoms with van der Waals surface area (Å²) >= 11 is 0. The summed E-state index contributed by atoms with van der Waals surface area (Å²) in [6.07, 6.45) is 1.89. The van der Waals surface area contributed by atoms with Crippen LogP contribution in [0.15, 0.2) is 30.5 Å². The molecule has 2 rings (SSSR count). The molecule has 1 heterocycles. The molecule has 0 aliphatic heterocycles. The molecule has 1 aromatic heterocycles. The van der Waals surface area contributed by atoms with Crippen LogP contribution >= 0.6 is 0 Å². The first kappa shape index (κ1) is 12.4. The van der Waals surface area contributed by atoms with E-state index in [1.54, 1.807) is 23.7 Å². The summed E-state index contributed by atoms with van der Waals surface area (Å²) in [5, 5.41) is 8.16. The normalized spacial score (nSPS) is 10.9. The topological polar surface area (TPSA) is 51.0 Å². The van der Waals surface area contributed by atoms with Gasteiger partial charge in [0.25, 0.3) is 0 Å². The van der Waals surface area contributed by atoms with Gasteiger partial charge in [0, 0.05) is 12.1 Å². The van der Waals surface area contributed by atoms with Crippen LogP contribution in [0, 0.1) is 0 Å². The average molecular weight is 244 g/mol. The van der Waals surface area contributed by atoms with E-state index in [9.17, 15) is 4.79 Å². The van der Waals surface area contributed by atoms with Crippen molar-refractivity contribution < 1.29 is 4.79 Å². The fourth-order valence-corrected chi connectivity index (χ4v) is 1.67. The zero-order valence-corrected chi connectivity index (χ0v) is 10.8. The molecule has 18 heavy (non-hydrogen) atoms. The Balaban J connectivity index is 2.20. The van der Waals surface area contributed by atoms with Gasteiger partial charge in [0.2, 0.25) is 0 Å². The molecule has 0 atom stereocenters. The minimum Gasteiger partial charge on any atom is -0.303 e. The Morgan fingerprint density at radius 1 is 1.28 bits per heavy atom. The van der Waals surface area contributed by atoms with Crippen LogP contribution in [0.4, 0.5) is 0 Å². The second kappa shape index (κ2) is 5.10. The highest BCUT2D eigenvalue weighted by atomic mass is 16.1. The van der Waals surface area contributed by atoms with Gasteiger partial charge in [-0.05, 0) is 45.3 Å². The van der Waals surface area contributed by atoms with E-state index in [-0.39, 0.29) is 5.78 Å². The van der Waals surface area contributed by atoms with Crippen LogP contribution in [0.25, 0.3) is 5.69 Å². The molecule has 0 saturated heterocycles. The zero-order chi connectivity index (χ0) is 13.1. The maximum Gasteiger partial charge on any atom is 0.159 e. The molecular weight excluding hydrogens is 228 g/mol. The van der Waals surface area contributed by atoms with E-state index in [0.29, 0.717) is 5.56 Å². The molecule has 0 aliphatic carbocycles. The molecular formula is C13H16N4O. The summed E-state index contributed by atoms with van der Waals surface area (Å²) in [5.41, 5.74) is 2.51. The van der Waals surface area contributed by atoms with Gasteiger partial charge in [-0.15, -0.1) is 5.10 Å². The number of carbonyl (C=O) groups excluding carboxylic acids is 1. The van der Waals surface area contributed by atoms with E-state index in [4.69, 9.17) is 0 Å². The highest BCUT2D eigenvalue weighted by Gasteiger charge is 2.04. The molecule has 0 fully saturated rings. The molecule has 1 aromatic carbocycles. The van der Waals surface area contributed by atoms with Gasteiger partial charge in [0.05, 0.1) is 17.6 Å². The molecule has 0 spiro atoms. The van der Waals surface area contributed by atoms with Gasteiger partial charge in [-0.3, -0.25) is 4.79 Å². The number of benzene rings is 1. The van der Waals surface area contributed by atoms with Crippen LogP contribution < -0.4 is 0 Å². The molecule has 0 aliphatic rings. The van der Waals surface area contributed by atoms with E-state index in [2.05, 4.69) is 10.3 Å². The fourth-order valence-electron chi connectivity index (χ4n) is 1.67. The molecule has 0 radical (unpaired) electrons. The lowest BCUT2D eigenvalue weighted by Crippen LogP contribution is -2.10. The summed E-state index contributed by atoms with van der Waals surface area (Å²) in [7, 11) is 3.97. The molecule has 0 saturated carbocycles. The Kier molecular flexibility index (Phi) is 3.53. The fraction of sp³-hybridized carbons (Fsp3) is 0.308. The Bertz CT molecular complexity index is 542. The Hall–Kier alpha value is -2.01. The predicted octanol–water partition coefficient (Wildman–Crippen LogP) is 1.53. The molecule has 0 bridgehead atoms. The van der Waals surface area contributed by atoms with Crippen LogP contribution in [0.5, 0.6) is 0 Å². The third-order valence-corrected chi connectivity index (χ3v) is 2.56. The summed E-state index contributed by atoms with van der Waals surface area (Å²) in [6.45, 7) is 2.31. The summed E-state index contributed by atoms with van der Waals surface area (Å²) < 4.78 is 1.71. The summed E-state index contributed by atoms with van der Waals surface area (Å²) in [5.74, 6) is 0.0634. The Labute approximate surface area is 106 Å². The second-order valence-electron chi connectivity index (χ2n) is 4.50. The number of Topliss-reactive ketones (excluding diaryl/α,β-unsaturated/α-hetero) is 1. The summed E-state index contributed by atoms with van der Waals surface area (Å²) in [4.78, 5) is 13.2. The Morgan fingerprint density at radius 2 is 1.94 bits per heavy atom. The molecule has 5 heteroatoms. The largest absolute Gasteiger partial charge is 0.303 e. The minimum atomic E-state index is 0.0634. The van der Waals surface area contributed by atoms with Crippen LogP contribution in [-0.2, 0) is 6.54 Å². The van der Waals surface area contributed by atoms with Crippen molar-refractivity contribution >= 4 is 5.78 Å². The number of aromatic nitrogens is 3. The van der Waals surface area contributed by atoms with Crippen LogP contribution in [0.2, 0.25) is 0 Å². The highest BCUT2D eigenvalue weighted by Crippen LogP contribution is 2.10. The number of rotatable bonds is 4. The van der Waals surface area contributed by atoms with Crippen molar-refractivity contribution in [3.05, 3.63) is 41.7 Å². The molecule has 0 amide bonds. The average Bonchev–Trinajstić information content (AvgIpc) is 2.76. The van der Waals surface area contributed by atoms with E-state index in [1.165, 1.54) is 0 Å². The zero-order valence-electron chi connectivity index (χ0n) is 10.8. The van der Waals surface area contributed by atoms with Crippen molar-refractivity contribution in [3.8, 4) is 5.69 Å². The number of hydrogen-bond donors (Lipinski definition) is 0. The molecule has 0 N–H and O–H groups in total. The quantitative estimate of drug-likeness (QED) is 0.765. The first-order chi connectivity index (χ1) is 8.56. The SMILES string of the molecule is CC(=O)c1ccc(-n2cc(CN(C)C)nn2)cc1.